The Labute approximate surface area is 147 Å². The Kier molecular flexibility index (Phi) is 4.92. The molecule has 1 aliphatic rings. The van der Waals surface area contributed by atoms with Crippen molar-refractivity contribution in [3.8, 4) is 0 Å². The van der Waals surface area contributed by atoms with Crippen LogP contribution in [0.1, 0.15) is 34.3 Å². The van der Waals surface area contributed by atoms with Gasteiger partial charge in [-0.2, -0.15) is 13.2 Å². The highest BCUT2D eigenvalue weighted by molar-refractivity contribution is 5.95. The molecule has 1 aromatic carbocycles. The minimum absolute atomic E-state index is 0.0171. The maximum atomic E-state index is 12.5. The molecule has 136 valence electrons. The fraction of sp³-hybridized carbons (Fsp3) is 0.278. The van der Waals surface area contributed by atoms with Crippen LogP contribution in [0.5, 0.6) is 0 Å². The Bertz CT molecular complexity index is 819. The molecule has 0 atom stereocenters. The van der Waals surface area contributed by atoms with E-state index in [9.17, 15) is 22.8 Å². The first-order valence-electron chi connectivity index (χ1n) is 8.05. The van der Waals surface area contributed by atoms with E-state index in [1.54, 1.807) is 23.2 Å². The van der Waals surface area contributed by atoms with Gasteiger partial charge in [0.2, 0.25) is 5.91 Å². The number of halogens is 3. The van der Waals surface area contributed by atoms with Crippen LogP contribution in [0.2, 0.25) is 0 Å². The van der Waals surface area contributed by atoms with Gasteiger partial charge in [-0.3, -0.25) is 14.5 Å². The van der Waals surface area contributed by atoms with Gasteiger partial charge < -0.3 is 5.32 Å². The van der Waals surface area contributed by atoms with Crippen molar-refractivity contribution in [3.05, 3.63) is 59.3 Å². The minimum Gasteiger partial charge on any atom is -0.348 e. The summed E-state index contributed by atoms with van der Waals surface area (Å²) in [6.07, 6.45) is -1.60. The number of carbonyl (C=O) groups excluding carboxylic acids is 2. The third-order valence-electron chi connectivity index (χ3n) is 4.09. The van der Waals surface area contributed by atoms with Crippen molar-refractivity contribution < 1.29 is 22.8 Å². The van der Waals surface area contributed by atoms with Gasteiger partial charge in [0.1, 0.15) is 5.82 Å². The molecular weight excluding hydrogens is 347 g/mol. The number of amides is 2. The van der Waals surface area contributed by atoms with Crippen LogP contribution in [0, 0.1) is 0 Å². The van der Waals surface area contributed by atoms with Gasteiger partial charge in [-0.1, -0.05) is 0 Å². The van der Waals surface area contributed by atoms with Crippen LogP contribution >= 0.6 is 0 Å². The predicted molar refractivity (Wildman–Crippen MR) is 88.4 cm³/mol. The van der Waals surface area contributed by atoms with E-state index in [4.69, 9.17) is 0 Å². The van der Waals surface area contributed by atoms with Gasteiger partial charge in [-0.25, -0.2) is 4.98 Å². The van der Waals surface area contributed by atoms with Gasteiger partial charge in [-0.15, -0.1) is 0 Å². The van der Waals surface area contributed by atoms with Gasteiger partial charge in [0.15, 0.2) is 0 Å². The summed E-state index contributed by atoms with van der Waals surface area (Å²) in [5, 5.41) is 2.65. The number of hydrogen-bond donors (Lipinski definition) is 1. The molecule has 5 nitrogen and oxygen atoms in total. The van der Waals surface area contributed by atoms with E-state index in [0.717, 1.165) is 36.2 Å². The summed E-state index contributed by atoms with van der Waals surface area (Å²) in [4.78, 5) is 29.6. The first-order chi connectivity index (χ1) is 12.3. The molecule has 1 aliphatic heterocycles. The highest BCUT2D eigenvalue weighted by Gasteiger charge is 2.30. The van der Waals surface area contributed by atoms with Gasteiger partial charge in [0.05, 0.1) is 5.56 Å². The van der Waals surface area contributed by atoms with Crippen LogP contribution in [0.25, 0.3) is 0 Å². The third-order valence-corrected chi connectivity index (χ3v) is 4.09. The van der Waals surface area contributed by atoms with Crippen molar-refractivity contribution in [2.75, 3.05) is 11.4 Å². The Hall–Kier alpha value is -2.90. The fourth-order valence-corrected chi connectivity index (χ4v) is 2.70. The molecule has 0 aliphatic carbocycles. The SMILES string of the molecule is O=C(NCc1ccnc(N2CCCC2=O)c1)c1ccc(C(F)(F)F)cc1. The van der Waals surface area contributed by atoms with E-state index >= 15 is 0 Å². The van der Waals surface area contributed by atoms with Gasteiger partial charge in [0, 0.05) is 31.3 Å². The largest absolute Gasteiger partial charge is 0.416 e. The topological polar surface area (TPSA) is 62.3 Å². The van der Waals surface area contributed by atoms with Crippen LogP contribution in [-0.4, -0.2) is 23.3 Å². The van der Waals surface area contributed by atoms with Gasteiger partial charge in [0.25, 0.3) is 5.91 Å². The molecule has 2 amide bonds. The van der Waals surface area contributed by atoms with Crippen molar-refractivity contribution in [1.29, 1.82) is 0 Å². The lowest BCUT2D eigenvalue weighted by Crippen LogP contribution is -2.26. The number of pyridine rings is 1. The number of alkyl halides is 3. The molecule has 0 spiro atoms. The van der Waals surface area contributed by atoms with Crippen molar-refractivity contribution >= 4 is 17.6 Å². The summed E-state index contributed by atoms with van der Waals surface area (Å²) >= 11 is 0. The highest BCUT2D eigenvalue weighted by atomic mass is 19.4. The number of benzene rings is 1. The summed E-state index contributed by atoms with van der Waals surface area (Å²) < 4.78 is 37.6. The maximum absolute atomic E-state index is 12.5. The summed E-state index contributed by atoms with van der Waals surface area (Å²) in [5.74, 6) is 0.0755. The lowest BCUT2D eigenvalue weighted by atomic mass is 10.1. The highest BCUT2D eigenvalue weighted by Crippen LogP contribution is 2.29. The summed E-state index contributed by atoms with van der Waals surface area (Å²) in [5.41, 5.74) is 0.0834. The molecule has 1 fully saturated rings. The molecule has 1 saturated heterocycles. The number of nitrogens with zero attached hydrogens (tertiary/aromatic N) is 2. The molecule has 1 aromatic heterocycles. The molecule has 3 rings (SSSR count). The van der Waals surface area contributed by atoms with Crippen LogP contribution in [-0.2, 0) is 17.5 Å². The van der Waals surface area contributed by atoms with E-state index < -0.39 is 17.6 Å². The van der Waals surface area contributed by atoms with Gasteiger partial charge in [-0.05, 0) is 48.4 Å². The molecule has 8 heteroatoms. The number of aromatic nitrogens is 1. The van der Waals surface area contributed by atoms with Crippen molar-refractivity contribution in [1.82, 2.24) is 10.3 Å². The van der Waals surface area contributed by atoms with Crippen LogP contribution in [0.4, 0.5) is 19.0 Å². The number of carbonyl (C=O) groups is 2. The normalized spacial score (nSPS) is 14.6. The molecule has 1 N–H and O–H groups in total. The average molecular weight is 363 g/mol. The second-order valence-corrected chi connectivity index (χ2v) is 5.93. The molecule has 0 radical (unpaired) electrons. The predicted octanol–water partition coefficient (Wildman–Crippen LogP) is 3.16. The summed E-state index contributed by atoms with van der Waals surface area (Å²) in [7, 11) is 0. The Morgan fingerprint density at radius 1 is 1.19 bits per heavy atom. The lowest BCUT2D eigenvalue weighted by Gasteiger charge is -2.15. The summed E-state index contributed by atoms with van der Waals surface area (Å²) in [6, 6.07) is 7.45. The molecule has 2 aromatic rings. The van der Waals surface area contributed by atoms with Gasteiger partial charge >= 0.3 is 6.18 Å². The van der Waals surface area contributed by atoms with Crippen LogP contribution < -0.4 is 10.2 Å². The summed E-state index contributed by atoms with van der Waals surface area (Å²) in [6.45, 7) is 0.796. The second kappa shape index (κ2) is 7.15. The zero-order chi connectivity index (χ0) is 18.7. The van der Waals surface area contributed by atoms with Crippen LogP contribution in [0.3, 0.4) is 0 Å². The molecule has 26 heavy (non-hydrogen) atoms. The molecule has 0 bridgehead atoms. The third kappa shape index (κ3) is 4.01. The first-order valence-corrected chi connectivity index (χ1v) is 8.05. The smallest absolute Gasteiger partial charge is 0.348 e. The number of nitrogens with one attached hydrogen (secondary N) is 1. The lowest BCUT2D eigenvalue weighted by molar-refractivity contribution is -0.137. The number of hydrogen-bond acceptors (Lipinski definition) is 3. The van der Waals surface area contributed by atoms with Crippen molar-refractivity contribution in [3.63, 3.8) is 0 Å². The monoisotopic (exact) mass is 363 g/mol. The minimum atomic E-state index is -4.44. The average Bonchev–Trinajstić information content (AvgIpc) is 3.05. The Morgan fingerprint density at radius 3 is 2.54 bits per heavy atom. The molecular formula is C18H16F3N3O2. The van der Waals surface area contributed by atoms with Crippen molar-refractivity contribution in [2.24, 2.45) is 0 Å². The van der Waals surface area contributed by atoms with E-state index in [2.05, 4.69) is 10.3 Å². The fourth-order valence-electron chi connectivity index (χ4n) is 2.70. The van der Waals surface area contributed by atoms with E-state index in [1.165, 1.54) is 0 Å². The second-order valence-electron chi connectivity index (χ2n) is 5.93. The standard InChI is InChI=1S/C18H16F3N3O2/c19-18(20,21)14-5-3-13(4-6-14)17(26)23-11-12-7-8-22-15(10-12)24-9-1-2-16(24)25/h3-8,10H,1-2,9,11H2,(H,23,26). The molecule has 0 saturated carbocycles. The van der Waals surface area contributed by atoms with Crippen molar-refractivity contribution in [2.45, 2.75) is 25.6 Å². The zero-order valence-corrected chi connectivity index (χ0v) is 13.7. The zero-order valence-electron chi connectivity index (χ0n) is 13.7. The number of rotatable bonds is 4. The maximum Gasteiger partial charge on any atom is 0.416 e. The Morgan fingerprint density at radius 2 is 1.92 bits per heavy atom. The quantitative estimate of drug-likeness (QED) is 0.908. The molecule has 0 unspecified atom stereocenters. The number of anilines is 1. The van der Waals surface area contributed by atoms with E-state index in [1.807, 2.05) is 0 Å². The van der Waals surface area contributed by atoms with E-state index in [-0.39, 0.29) is 18.0 Å². The Balaban J connectivity index is 1.63. The first kappa shape index (κ1) is 17.9. The van der Waals surface area contributed by atoms with E-state index in [0.29, 0.717) is 18.8 Å². The van der Waals surface area contributed by atoms with Crippen LogP contribution in [0.15, 0.2) is 42.6 Å². The molecule has 2 heterocycles.